The molecule has 2 nitrogen and oxygen atoms in total. The van der Waals surface area contributed by atoms with Gasteiger partial charge in [0.1, 0.15) is 0 Å². The van der Waals surface area contributed by atoms with Crippen LogP contribution in [0.25, 0.3) is 10.8 Å². The molecule has 0 bridgehead atoms. The number of amides is 1. The molecule has 0 atom stereocenters. The molecular formula is C18H14BrNOS. The summed E-state index contributed by atoms with van der Waals surface area (Å²) in [6.07, 6.45) is 0. The van der Waals surface area contributed by atoms with E-state index in [4.69, 9.17) is 0 Å². The first kappa shape index (κ1) is 15.1. The standard InChI is InChI=1S/C18H14BrNOS/c19-14-8-10-15(11-9-14)22-12-18(21)20-17-7-3-5-13-4-1-2-6-16(13)17/h1-11H,12H2,(H,20,21). The lowest BCUT2D eigenvalue weighted by molar-refractivity contribution is -0.113. The van der Waals surface area contributed by atoms with Crippen molar-refractivity contribution < 1.29 is 4.79 Å². The molecule has 0 heterocycles. The number of hydrogen-bond donors (Lipinski definition) is 1. The molecule has 0 aliphatic carbocycles. The van der Waals surface area contributed by atoms with Gasteiger partial charge in [-0.05, 0) is 35.7 Å². The number of halogens is 1. The molecule has 1 N–H and O–H groups in total. The maximum absolute atomic E-state index is 12.2. The van der Waals surface area contributed by atoms with Gasteiger partial charge in [-0.3, -0.25) is 4.79 Å². The van der Waals surface area contributed by atoms with Gasteiger partial charge in [-0.15, -0.1) is 11.8 Å². The molecule has 0 radical (unpaired) electrons. The van der Waals surface area contributed by atoms with Gasteiger partial charge in [0.25, 0.3) is 0 Å². The lowest BCUT2D eigenvalue weighted by Gasteiger charge is -2.08. The topological polar surface area (TPSA) is 29.1 Å². The predicted molar refractivity (Wildman–Crippen MR) is 97.4 cm³/mol. The zero-order valence-corrected chi connectivity index (χ0v) is 14.2. The molecule has 3 aromatic rings. The van der Waals surface area contributed by atoms with Crippen LogP contribution < -0.4 is 5.32 Å². The fourth-order valence-corrected chi connectivity index (χ4v) is 3.16. The number of fused-ring (bicyclic) bond motifs is 1. The molecular weight excluding hydrogens is 358 g/mol. The van der Waals surface area contributed by atoms with Crippen LogP contribution in [0.1, 0.15) is 0 Å². The number of carbonyl (C=O) groups excluding carboxylic acids is 1. The van der Waals surface area contributed by atoms with Crippen LogP contribution in [0.2, 0.25) is 0 Å². The van der Waals surface area contributed by atoms with Crippen molar-refractivity contribution >= 4 is 50.1 Å². The predicted octanol–water partition coefficient (Wildman–Crippen LogP) is 5.33. The number of rotatable bonds is 4. The summed E-state index contributed by atoms with van der Waals surface area (Å²) in [5.74, 6) is 0.398. The first-order chi connectivity index (χ1) is 10.7. The Morgan fingerprint density at radius 1 is 0.955 bits per heavy atom. The third-order valence-corrected chi connectivity index (χ3v) is 4.79. The van der Waals surface area contributed by atoms with Crippen molar-refractivity contribution in [1.82, 2.24) is 0 Å². The average Bonchev–Trinajstić information content (AvgIpc) is 2.55. The van der Waals surface area contributed by atoms with Crippen molar-refractivity contribution in [1.29, 1.82) is 0 Å². The average molecular weight is 372 g/mol. The minimum absolute atomic E-state index is 0.00396. The lowest BCUT2D eigenvalue weighted by atomic mass is 10.1. The highest BCUT2D eigenvalue weighted by Crippen LogP contribution is 2.24. The molecule has 0 unspecified atom stereocenters. The number of carbonyl (C=O) groups is 1. The van der Waals surface area contributed by atoms with Crippen LogP contribution in [-0.4, -0.2) is 11.7 Å². The van der Waals surface area contributed by atoms with E-state index in [0.717, 1.165) is 25.8 Å². The Morgan fingerprint density at radius 3 is 2.50 bits per heavy atom. The highest BCUT2D eigenvalue weighted by molar-refractivity contribution is 9.10. The van der Waals surface area contributed by atoms with Crippen molar-refractivity contribution in [3.63, 3.8) is 0 Å². The van der Waals surface area contributed by atoms with Crippen molar-refractivity contribution in [2.24, 2.45) is 0 Å². The van der Waals surface area contributed by atoms with E-state index >= 15 is 0 Å². The van der Waals surface area contributed by atoms with E-state index in [0.29, 0.717) is 5.75 Å². The summed E-state index contributed by atoms with van der Waals surface area (Å²) in [5, 5.41) is 5.19. The van der Waals surface area contributed by atoms with E-state index in [1.54, 1.807) is 0 Å². The number of hydrogen-bond acceptors (Lipinski definition) is 2. The van der Waals surface area contributed by atoms with Gasteiger partial charge in [-0.2, -0.15) is 0 Å². The summed E-state index contributed by atoms with van der Waals surface area (Å²) in [6.45, 7) is 0. The summed E-state index contributed by atoms with van der Waals surface area (Å²) in [7, 11) is 0. The first-order valence-electron chi connectivity index (χ1n) is 6.88. The monoisotopic (exact) mass is 371 g/mol. The van der Waals surface area contributed by atoms with Crippen LogP contribution in [0.3, 0.4) is 0 Å². The van der Waals surface area contributed by atoms with E-state index in [1.165, 1.54) is 11.8 Å². The molecule has 3 aromatic carbocycles. The molecule has 0 fully saturated rings. The lowest BCUT2D eigenvalue weighted by Crippen LogP contribution is -2.14. The number of thioether (sulfide) groups is 1. The van der Waals surface area contributed by atoms with E-state index in [1.807, 2.05) is 66.7 Å². The van der Waals surface area contributed by atoms with E-state index in [-0.39, 0.29) is 5.91 Å². The van der Waals surface area contributed by atoms with Crippen molar-refractivity contribution in [3.05, 3.63) is 71.2 Å². The molecule has 0 aromatic heterocycles. The minimum Gasteiger partial charge on any atom is -0.325 e. The molecule has 0 saturated heterocycles. The third-order valence-electron chi connectivity index (χ3n) is 3.25. The summed E-state index contributed by atoms with van der Waals surface area (Å²) in [5.41, 5.74) is 0.861. The molecule has 0 aliphatic rings. The van der Waals surface area contributed by atoms with Crippen LogP contribution in [0.4, 0.5) is 5.69 Å². The van der Waals surface area contributed by atoms with Crippen molar-refractivity contribution in [3.8, 4) is 0 Å². The van der Waals surface area contributed by atoms with Gasteiger partial charge >= 0.3 is 0 Å². The number of benzene rings is 3. The van der Waals surface area contributed by atoms with Crippen LogP contribution in [-0.2, 0) is 4.79 Å². The largest absolute Gasteiger partial charge is 0.325 e. The Kier molecular flexibility index (Phi) is 4.80. The van der Waals surface area contributed by atoms with Crippen LogP contribution in [0, 0.1) is 0 Å². The Morgan fingerprint density at radius 2 is 1.68 bits per heavy atom. The second kappa shape index (κ2) is 6.99. The van der Waals surface area contributed by atoms with Crippen LogP contribution in [0.15, 0.2) is 76.1 Å². The molecule has 22 heavy (non-hydrogen) atoms. The zero-order valence-electron chi connectivity index (χ0n) is 11.8. The number of anilines is 1. The van der Waals surface area contributed by atoms with Gasteiger partial charge in [-0.25, -0.2) is 0 Å². The number of nitrogens with one attached hydrogen (secondary N) is 1. The normalized spacial score (nSPS) is 10.6. The Hall–Kier alpha value is -1.78. The molecule has 3 rings (SSSR count). The summed E-state index contributed by atoms with van der Waals surface area (Å²) in [6, 6.07) is 21.9. The fourth-order valence-electron chi connectivity index (χ4n) is 2.20. The van der Waals surface area contributed by atoms with Gasteiger partial charge in [-0.1, -0.05) is 52.3 Å². The van der Waals surface area contributed by atoms with E-state index < -0.39 is 0 Å². The first-order valence-corrected chi connectivity index (χ1v) is 8.66. The van der Waals surface area contributed by atoms with Gasteiger partial charge < -0.3 is 5.32 Å². The SMILES string of the molecule is O=C(CSc1ccc(Br)cc1)Nc1cccc2ccccc12. The quantitative estimate of drug-likeness (QED) is 0.627. The molecule has 110 valence electrons. The maximum Gasteiger partial charge on any atom is 0.234 e. The molecule has 0 aliphatic heterocycles. The van der Waals surface area contributed by atoms with Crippen LogP contribution >= 0.6 is 27.7 Å². The highest BCUT2D eigenvalue weighted by Gasteiger charge is 2.06. The fraction of sp³-hybridized carbons (Fsp3) is 0.0556. The smallest absolute Gasteiger partial charge is 0.234 e. The van der Waals surface area contributed by atoms with Crippen molar-refractivity contribution in [2.75, 3.05) is 11.1 Å². The second-order valence-corrected chi connectivity index (χ2v) is 6.78. The summed E-state index contributed by atoms with van der Waals surface area (Å²) in [4.78, 5) is 13.2. The van der Waals surface area contributed by atoms with Gasteiger partial charge in [0, 0.05) is 20.4 Å². The molecule has 0 spiro atoms. The van der Waals surface area contributed by atoms with E-state index in [9.17, 15) is 4.79 Å². The van der Waals surface area contributed by atoms with Gasteiger partial charge in [0.05, 0.1) is 5.75 Å². The molecule has 1 amide bonds. The van der Waals surface area contributed by atoms with Crippen LogP contribution in [0.5, 0.6) is 0 Å². The summed E-state index contributed by atoms with van der Waals surface area (Å²) < 4.78 is 1.04. The Labute approximate surface area is 142 Å². The molecule has 4 heteroatoms. The summed E-state index contributed by atoms with van der Waals surface area (Å²) >= 11 is 4.93. The van der Waals surface area contributed by atoms with Gasteiger partial charge in [0.15, 0.2) is 0 Å². The zero-order chi connectivity index (χ0) is 15.4. The maximum atomic E-state index is 12.2. The van der Waals surface area contributed by atoms with Crippen molar-refractivity contribution in [2.45, 2.75) is 4.90 Å². The Balaban J connectivity index is 1.67. The molecule has 0 saturated carbocycles. The highest BCUT2D eigenvalue weighted by atomic mass is 79.9. The Bertz CT molecular complexity index is 796. The second-order valence-electron chi connectivity index (χ2n) is 4.82. The minimum atomic E-state index is 0.00396. The van der Waals surface area contributed by atoms with E-state index in [2.05, 4.69) is 21.2 Å². The van der Waals surface area contributed by atoms with Gasteiger partial charge in [0.2, 0.25) is 5.91 Å². The third kappa shape index (κ3) is 3.70.